The lowest BCUT2D eigenvalue weighted by Gasteiger charge is -2.15. The first-order chi connectivity index (χ1) is 10.1. The Bertz CT molecular complexity index is 730. The second-order valence-corrected chi connectivity index (χ2v) is 5.01. The highest BCUT2D eigenvalue weighted by atomic mass is 16.2. The molecular formula is C16H21N3O2. The number of para-hydroxylation sites is 1. The van der Waals surface area contributed by atoms with Gasteiger partial charge < -0.3 is 5.84 Å². The van der Waals surface area contributed by atoms with Crippen LogP contribution >= 0.6 is 0 Å². The number of hydrogen-bond acceptors (Lipinski definition) is 3. The third-order valence-electron chi connectivity index (χ3n) is 3.63. The van der Waals surface area contributed by atoms with E-state index in [0.717, 1.165) is 22.1 Å². The van der Waals surface area contributed by atoms with Gasteiger partial charge >= 0.3 is 5.69 Å². The summed E-state index contributed by atoms with van der Waals surface area (Å²) in [6.07, 6.45) is 3.09. The number of benzene rings is 1. The Morgan fingerprint density at radius 3 is 2.33 bits per heavy atom. The van der Waals surface area contributed by atoms with Gasteiger partial charge in [-0.2, -0.15) is 0 Å². The second-order valence-electron chi connectivity index (χ2n) is 5.01. The zero-order valence-corrected chi connectivity index (χ0v) is 12.5. The maximum absolute atomic E-state index is 12.7. The van der Waals surface area contributed by atoms with Gasteiger partial charge in [-0.25, -0.2) is 14.0 Å². The minimum atomic E-state index is -0.497. The van der Waals surface area contributed by atoms with E-state index in [-0.39, 0.29) is 5.56 Å². The van der Waals surface area contributed by atoms with Crippen molar-refractivity contribution in [2.75, 3.05) is 5.84 Å². The number of aromatic nitrogens is 2. The Hall–Kier alpha value is -2.30. The van der Waals surface area contributed by atoms with E-state index in [0.29, 0.717) is 29.8 Å². The third kappa shape index (κ3) is 2.77. The molecule has 0 aliphatic rings. The first-order valence-corrected chi connectivity index (χ1v) is 7.32. The molecule has 0 amide bonds. The Kier molecular flexibility index (Phi) is 4.62. The van der Waals surface area contributed by atoms with Gasteiger partial charge in [0.2, 0.25) is 0 Å². The van der Waals surface area contributed by atoms with E-state index in [1.165, 1.54) is 0 Å². The quantitative estimate of drug-likeness (QED) is 0.849. The molecule has 112 valence electrons. The maximum Gasteiger partial charge on any atom is 0.354 e. The molecule has 0 unspecified atom stereocenters. The lowest BCUT2D eigenvalue weighted by molar-refractivity contribution is 0.681. The summed E-state index contributed by atoms with van der Waals surface area (Å²) >= 11 is 0. The summed E-state index contributed by atoms with van der Waals surface area (Å²) in [7, 11) is 0. The molecule has 1 heterocycles. The zero-order chi connectivity index (χ0) is 15.4. The molecule has 0 bridgehead atoms. The molecule has 2 aromatic rings. The fourth-order valence-corrected chi connectivity index (χ4v) is 2.51. The molecule has 2 N–H and O–H groups in total. The normalized spacial score (nSPS) is 10.8. The number of hydrogen-bond donors (Lipinski definition) is 1. The van der Waals surface area contributed by atoms with Gasteiger partial charge in [0, 0.05) is 5.56 Å². The summed E-state index contributed by atoms with van der Waals surface area (Å²) in [6.45, 7) is 3.97. The fourth-order valence-electron chi connectivity index (χ4n) is 2.51. The monoisotopic (exact) mass is 287 g/mol. The molecule has 5 nitrogen and oxygen atoms in total. The van der Waals surface area contributed by atoms with Crippen LogP contribution in [0, 0.1) is 0 Å². The highest BCUT2D eigenvalue weighted by Crippen LogP contribution is 2.08. The molecule has 0 saturated carbocycles. The topological polar surface area (TPSA) is 70.0 Å². The molecule has 0 fully saturated rings. The number of nitrogen functional groups attached to an aromatic ring is 1. The molecule has 1 aromatic carbocycles. The van der Waals surface area contributed by atoms with Crippen LogP contribution in [0.25, 0.3) is 5.69 Å². The predicted molar refractivity (Wildman–Crippen MR) is 84.4 cm³/mol. The highest BCUT2D eigenvalue weighted by Gasteiger charge is 2.17. The molecule has 0 radical (unpaired) electrons. The molecule has 21 heavy (non-hydrogen) atoms. The Balaban J connectivity index is 2.75. The smallest absolute Gasteiger partial charge is 0.335 e. The summed E-state index contributed by atoms with van der Waals surface area (Å²) in [5.74, 6) is 5.92. The summed E-state index contributed by atoms with van der Waals surface area (Å²) in [4.78, 5) is 25.1. The molecular weight excluding hydrogens is 266 g/mol. The van der Waals surface area contributed by atoms with Crippen molar-refractivity contribution in [1.82, 2.24) is 9.24 Å². The van der Waals surface area contributed by atoms with Gasteiger partial charge in [0.15, 0.2) is 0 Å². The van der Waals surface area contributed by atoms with Crippen molar-refractivity contribution in [1.29, 1.82) is 0 Å². The van der Waals surface area contributed by atoms with Gasteiger partial charge in [-0.15, -0.1) is 0 Å². The van der Waals surface area contributed by atoms with E-state index in [1.807, 2.05) is 13.0 Å². The summed E-state index contributed by atoms with van der Waals surface area (Å²) in [6, 6.07) is 8.90. The molecule has 2 rings (SSSR count). The minimum absolute atomic E-state index is 0.252. The first kappa shape index (κ1) is 15.1. The molecule has 0 aliphatic heterocycles. The van der Waals surface area contributed by atoms with Crippen LogP contribution in [-0.2, 0) is 12.8 Å². The molecule has 5 heteroatoms. The van der Waals surface area contributed by atoms with Crippen molar-refractivity contribution >= 4 is 0 Å². The second kappa shape index (κ2) is 6.43. The predicted octanol–water partition coefficient (Wildman–Crippen LogP) is 1.62. The van der Waals surface area contributed by atoms with Gasteiger partial charge in [-0.1, -0.05) is 38.5 Å². The SMILES string of the molecule is CCCCc1c(CC)n(N)c(=O)n(-c2ccccc2)c1=O. The van der Waals surface area contributed by atoms with Crippen LogP contribution in [0.3, 0.4) is 0 Å². The van der Waals surface area contributed by atoms with Crippen molar-refractivity contribution in [3.63, 3.8) is 0 Å². The Morgan fingerprint density at radius 1 is 1.10 bits per heavy atom. The number of rotatable bonds is 5. The van der Waals surface area contributed by atoms with Crippen molar-refractivity contribution in [2.45, 2.75) is 39.5 Å². The molecule has 0 saturated heterocycles. The Labute approximate surface area is 123 Å². The molecule has 0 spiro atoms. The molecule has 0 atom stereocenters. The van der Waals surface area contributed by atoms with Gasteiger partial charge in [-0.05, 0) is 31.4 Å². The van der Waals surface area contributed by atoms with E-state index in [4.69, 9.17) is 5.84 Å². The maximum atomic E-state index is 12.7. The van der Waals surface area contributed by atoms with Crippen LogP contribution in [0.5, 0.6) is 0 Å². The van der Waals surface area contributed by atoms with Gasteiger partial charge in [0.05, 0.1) is 11.4 Å². The average molecular weight is 287 g/mol. The summed E-state index contributed by atoms with van der Waals surface area (Å²) in [5.41, 5.74) is 1.07. The van der Waals surface area contributed by atoms with E-state index >= 15 is 0 Å². The van der Waals surface area contributed by atoms with E-state index < -0.39 is 5.69 Å². The van der Waals surface area contributed by atoms with Crippen LogP contribution in [0.2, 0.25) is 0 Å². The van der Waals surface area contributed by atoms with Gasteiger partial charge in [0.1, 0.15) is 0 Å². The largest absolute Gasteiger partial charge is 0.354 e. The van der Waals surface area contributed by atoms with Gasteiger partial charge in [0.25, 0.3) is 5.56 Å². The van der Waals surface area contributed by atoms with E-state index in [1.54, 1.807) is 24.3 Å². The molecule has 0 aliphatic carbocycles. The van der Waals surface area contributed by atoms with Crippen LogP contribution in [0.4, 0.5) is 0 Å². The minimum Gasteiger partial charge on any atom is -0.335 e. The van der Waals surface area contributed by atoms with Crippen molar-refractivity contribution < 1.29 is 0 Å². The summed E-state index contributed by atoms with van der Waals surface area (Å²) < 4.78 is 2.27. The summed E-state index contributed by atoms with van der Waals surface area (Å²) in [5, 5.41) is 0. The lowest BCUT2D eigenvalue weighted by atomic mass is 10.1. The molecule has 1 aromatic heterocycles. The number of nitrogens with zero attached hydrogens (tertiary/aromatic N) is 2. The van der Waals surface area contributed by atoms with Crippen molar-refractivity contribution in [2.24, 2.45) is 0 Å². The van der Waals surface area contributed by atoms with E-state index in [2.05, 4.69) is 6.92 Å². The number of unbranched alkanes of at least 4 members (excludes halogenated alkanes) is 1. The lowest BCUT2D eigenvalue weighted by Crippen LogP contribution is -2.45. The standard InChI is InChI=1S/C16H21N3O2/c1-3-5-11-13-14(4-2)19(17)16(21)18(15(13)20)12-9-7-6-8-10-12/h6-10H,3-5,11,17H2,1-2H3. The number of nitrogens with two attached hydrogens (primary N) is 1. The van der Waals surface area contributed by atoms with Crippen molar-refractivity contribution in [3.8, 4) is 5.69 Å². The fraction of sp³-hybridized carbons (Fsp3) is 0.375. The zero-order valence-electron chi connectivity index (χ0n) is 12.5. The van der Waals surface area contributed by atoms with Gasteiger partial charge in [-0.3, -0.25) is 4.79 Å². The van der Waals surface area contributed by atoms with Crippen LogP contribution in [-0.4, -0.2) is 9.24 Å². The van der Waals surface area contributed by atoms with Crippen LogP contribution < -0.4 is 17.1 Å². The Morgan fingerprint density at radius 2 is 1.76 bits per heavy atom. The van der Waals surface area contributed by atoms with Crippen LogP contribution in [0.15, 0.2) is 39.9 Å². The highest BCUT2D eigenvalue weighted by molar-refractivity contribution is 5.33. The third-order valence-corrected chi connectivity index (χ3v) is 3.63. The van der Waals surface area contributed by atoms with Crippen molar-refractivity contribution in [3.05, 3.63) is 62.4 Å². The van der Waals surface area contributed by atoms with Crippen LogP contribution in [0.1, 0.15) is 37.9 Å². The first-order valence-electron chi connectivity index (χ1n) is 7.32. The average Bonchev–Trinajstić information content (AvgIpc) is 2.51. The van der Waals surface area contributed by atoms with E-state index in [9.17, 15) is 9.59 Å².